The first-order valence-electron chi connectivity index (χ1n) is 12.9. The number of hydrogen-bond acceptors (Lipinski definition) is 5. The van der Waals surface area contributed by atoms with Gasteiger partial charge in [0, 0.05) is 42.0 Å². The van der Waals surface area contributed by atoms with Crippen LogP contribution in [0.15, 0.2) is 67.0 Å². The summed E-state index contributed by atoms with van der Waals surface area (Å²) in [4.78, 5) is 23.5. The lowest BCUT2D eigenvalue weighted by atomic mass is 9.96. The van der Waals surface area contributed by atoms with Gasteiger partial charge in [0.25, 0.3) is 0 Å². The molecule has 1 aliphatic rings. The molecule has 4 heterocycles. The summed E-state index contributed by atoms with van der Waals surface area (Å²) in [6.07, 6.45) is 4.02. The van der Waals surface area contributed by atoms with Crippen molar-refractivity contribution in [2.75, 3.05) is 17.3 Å². The number of nitrogens with one attached hydrogen (secondary N) is 2. The van der Waals surface area contributed by atoms with Crippen LogP contribution in [0.25, 0.3) is 5.82 Å². The van der Waals surface area contributed by atoms with Crippen molar-refractivity contribution in [2.24, 2.45) is 0 Å². The first-order chi connectivity index (χ1) is 18.8. The van der Waals surface area contributed by atoms with Gasteiger partial charge in [-0.2, -0.15) is 0 Å². The van der Waals surface area contributed by atoms with Crippen molar-refractivity contribution < 1.29 is 9.53 Å². The third-order valence-electron chi connectivity index (χ3n) is 7.08. The van der Waals surface area contributed by atoms with Crippen molar-refractivity contribution >= 4 is 34.6 Å². The third kappa shape index (κ3) is 4.97. The maximum atomic E-state index is 12.1. The van der Waals surface area contributed by atoms with Gasteiger partial charge in [-0.15, -0.1) is 0 Å². The zero-order valence-electron chi connectivity index (χ0n) is 22.7. The van der Waals surface area contributed by atoms with Gasteiger partial charge in [0.1, 0.15) is 11.6 Å². The van der Waals surface area contributed by atoms with Crippen LogP contribution in [0.1, 0.15) is 53.6 Å². The molecule has 2 N–H and O–H groups in total. The van der Waals surface area contributed by atoms with Crippen molar-refractivity contribution in [3.8, 4) is 11.6 Å². The van der Waals surface area contributed by atoms with Crippen LogP contribution < -0.4 is 20.3 Å². The van der Waals surface area contributed by atoms with Crippen molar-refractivity contribution in [3.05, 3.63) is 95.2 Å². The maximum absolute atomic E-state index is 12.1. The molecule has 8 nitrogen and oxygen atoms in total. The van der Waals surface area contributed by atoms with E-state index in [1.807, 2.05) is 55.6 Å². The van der Waals surface area contributed by atoms with E-state index in [1.165, 1.54) is 0 Å². The Labute approximate surface area is 234 Å². The zero-order valence-corrected chi connectivity index (χ0v) is 23.5. The van der Waals surface area contributed by atoms with Gasteiger partial charge < -0.3 is 24.8 Å². The largest absolute Gasteiger partial charge is 0.494 e. The summed E-state index contributed by atoms with van der Waals surface area (Å²) in [6, 6.07) is 17.5. The second-order valence-electron chi connectivity index (χ2n) is 9.64. The number of benzene rings is 1. The van der Waals surface area contributed by atoms with Gasteiger partial charge in [-0.05, 0) is 86.6 Å². The van der Waals surface area contributed by atoms with Gasteiger partial charge in [0.15, 0.2) is 5.11 Å². The first kappa shape index (κ1) is 26.4. The van der Waals surface area contributed by atoms with Crippen molar-refractivity contribution in [1.29, 1.82) is 0 Å². The van der Waals surface area contributed by atoms with E-state index in [1.54, 1.807) is 13.3 Å². The Morgan fingerprint density at radius 1 is 1.08 bits per heavy atom. The lowest BCUT2D eigenvalue weighted by molar-refractivity contribution is -0.115. The Morgan fingerprint density at radius 3 is 2.59 bits per heavy atom. The molecule has 0 saturated carbocycles. The van der Waals surface area contributed by atoms with Crippen LogP contribution in [0.5, 0.6) is 5.75 Å². The summed E-state index contributed by atoms with van der Waals surface area (Å²) in [5.41, 5.74) is 6.77. The summed E-state index contributed by atoms with van der Waals surface area (Å²) >= 11 is 5.93. The molecule has 1 amide bonds. The molecular weight excluding hydrogens is 508 g/mol. The minimum Gasteiger partial charge on any atom is -0.494 e. The normalized spacial score (nSPS) is 16.7. The number of methoxy groups -OCH3 is 1. The first-order valence-corrected chi connectivity index (χ1v) is 13.3. The van der Waals surface area contributed by atoms with E-state index in [4.69, 9.17) is 17.0 Å². The molecule has 0 aliphatic carbocycles. The van der Waals surface area contributed by atoms with E-state index in [-0.39, 0.29) is 18.0 Å². The van der Waals surface area contributed by atoms with Gasteiger partial charge in [-0.3, -0.25) is 9.78 Å². The SMILES string of the molecule is CCC(=O)Nc1ccc(N2C(=S)N[C@H](c3ccccn3)[C@@H]2c2cc(C)n(-c3cc(C)ccn3)c2C)cc1OC. The van der Waals surface area contributed by atoms with Crippen molar-refractivity contribution in [3.63, 3.8) is 0 Å². The molecule has 1 aromatic carbocycles. The minimum atomic E-state index is -0.196. The molecule has 1 fully saturated rings. The maximum Gasteiger partial charge on any atom is 0.224 e. The molecule has 3 aromatic heterocycles. The molecule has 1 aliphatic heterocycles. The third-order valence-corrected chi connectivity index (χ3v) is 7.39. The topological polar surface area (TPSA) is 84.3 Å². The monoisotopic (exact) mass is 540 g/mol. The average Bonchev–Trinajstić information content (AvgIpc) is 3.43. The fourth-order valence-electron chi connectivity index (χ4n) is 5.20. The summed E-state index contributed by atoms with van der Waals surface area (Å²) < 4.78 is 7.85. The Hall–Kier alpha value is -4.24. The van der Waals surface area contributed by atoms with Gasteiger partial charge in [0.2, 0.25) is 5.91 Å². The zero-order chi connectivity index (χ0) is 27.7. The van der Waals surface area contributed by atoms with E-state index in [0.717, 1.165) is 39.7 Å². The molecule has 1 saturated heterocycles. The number of hydrogen-bond donors (Lipinski definition) is 2. The quantitative estimate of drug-likeness (QED) is 0.290. The molecule has 0 bridgehead atoms. The highest BCUT2D eigenvalue weighted by molar-refractivity contribution is 7.80. The van der Waals surface area contributed by atoms with Crippen LogP contribution in [0.4, 0.5) is 11.4 Å². The second kappa shape index (κ2) is 10.9. The van der Waals surface area contributed by atoms with Crippen LogP contribution in [-0.4, -0.2) is 32.7 Å². The fourth-order valence-corrected chi connectivity index (χ4v) is 5.55. The van der Waals surface area contributed by atoms with Gasteiger partial charge in [-0.1, -0.05) is 13.0 Å². The number of ether oxygens (including phenoxy) is 1. The Kier molecular flexibility index (Phi) is 7.34. The highest BCUT2D eigenvalue weighted by atomic mass is 32.1. The number of nitrogens with zero attached hydrogens (tertiary/aromatic N) is 4. The molecule has 0 radical (unpaired) electrons. The number of aryl methyl sites for hydroxylation is 2. The van der Waals surface area contributed by atoms with Crippen LogP contribution in [0, 0.1) is 20.8 Å². The van der Waals surface area contributed by atoms with E-state index in [9.17, 15) is 4.79 Å². The van der Waals surface area contributed by atoms with Crippen LogP contribution in [-0.2, 0) is 4.79 Å². The highest BCUT2D eigenvalue weighted by Gasteiger charge is 2.42. The standard InChI is InChI=1S/C30H32N6O2S/c1-6-27(37)33-23-11-10-21(17-25(23)38-5)36-29(28(34-30(36)39)24-9-7-8-13-31-24)22-16-19(3)35(20(22)4)26-15-18(2)12-14-32-26/h7-17,28-29H,6H2,1-5H3,(H,33,37)(H,34,39)/t28-,29+/m1/s1. The fraction of sp³-hybridized carbons (Fsp3) is 0.267. The van der Waals surface area contributed by atoms with E-state index in [0.29, 0.717) is 23.0 Å². The molecule has 5 rings (SSSR count). The molecule has 0 spiro atoms. The minimum absolute atomic E-state index is 0.0790. The smallest absolute Gasteiger partial charge is 0.224 e. The van der Waals surface area contributed by atoms with Crippen molar-refractivity contribution in [2.45, 2.75) is 46.2 Å². The Bertz CT molecular complexity index is 1530. The Morgan fingerprint density at radius 2 is 1.90 bits per heavy atom. The predicted molar refractivity (Wildman–Crippen MR) is 158 cm³/mol. The number of anilines is 2. The van der Waals surface area contributed by atoms with Gasteiger partial charge in [0.05, 0.1) is 30.6 Å². The number of carbonyl (C=O) groups excluding carboxylic acids is 1. The summed E-state index contributed by atoms with van der Waals surface area (Å²) in [5.74, 6) is 1.36. The predicted octanol–water partition coefficient (Wildman–Crippen LogP) is 5.73. The van der Waals surface area contributed by atoms with Crippen LogP contribution in [0.3, 0.4) is 0 Å². The summed E-state index contributed by atoms with van der Waals surface area (Å²) in [6.45, 7) is 8.09. The lowest BCUT2D eigenvalue weighted by Gasteiger charge is -2.29. The summed E-state index contributed by atoms with van der Waals surface area (Å²) in [7, 11) is 1.60. The number of thiocarbonyl (C=S) groups is 1. The molecule has 0 unspecified atom stereocenters. The van der Waals surface area contributed by atoms with Gasteiger partial charge in [-0.25, -0.2) is 4.98 Å². The second-order valence-corrected chi connectivity index (χ2v) is 10.0. The average molecular weight is 541 g/mol. The molecule has 200 valence electrons. The van der Waals surface area contributed by atoms with Gasteiger partial charge >= 0.3 is 0 Å². The van der Waals surface area contributed by atoms with Crippen LogP contribution >= 0.6 is 12.2 Å². The number of rotatable bonds is 7. The van der Waals surface area contributed by atoms with Crippen LogP contribution in [0.2, 0.25) is 0 Å². The summed E-state index contributed by atoms with van der Waals surface area (Å²) in [5, 5.41) is 7.02. The number of pyridine rings is 2. The van der Waals surface area contributed by atoms with E-state index < -0.39 is 0 Å². The van der Waals surface area contributed by atoms with Crippen molar-refractivity contribution in [1.82, 2.24) is 19.9 Å². The molecule has 9 heteroatoms. The molecule has 4 aromatic rings. The number of amides is 1. The molecular formula is C30H32N6O2S. The highest BCUT2D eigenvalue weighted by Crippen LogP contribution is 2.45. The Balaban J connectivity index is 1.65. The van der Waals surface area contributed by atoms with E-state index >= 15 is 0 Å². The lowest BCUT2D eigenvalue weighted by Crippen LogP contribution is -2.29. The van der Waals surface area contributed by atoms with E-state index in [2.05, 4.69) is 63.0 Å². The number of aromatic nitrogens is 3. The molecule has 39 heavy (non-hydrogen) atoms. The molecule has 2 atom stereocenters. The number of carbonyl (C=O) groups is 1.